The minimum absolute atomic E-state index is 0.0645. The molecular formula is C7H6F3N3. The van der Waals surface area contributed by atoms with E-state index in [4.69, 9.17) is 11.0 Å². The van der Waals surface area contributed by atoms with E-state index in [9.17, 15) is 13.2 Å². The van der Waals surface area contributed by atoms with Crippen LogP contribution in [0.3, 0.4) is 0 Å². The largest absolute Gasteiger partial charge is 0.407 e. The maximum Gasteiger partial charge on any atom is 0.407 e. The zero-order valence-electron chi connectivity index (χ0n) is 6.39. The highest BCUT2D eigenvalue weighted by molar-refractivity contribution is 5.29. The summed E-state index contributed by atoms with van der Waals surface area (Å²) in [4.78, 5) is 2.37. The van der Waals surface area contributed by atoms with Crippen molar-refractivity contribution >= 4 is 0 Å². The average Bonchev–Trinajstić information content (AvgIpc) is 2.48. The van der Waals surface area contributed by atoms with Crippen LogP contribution >= 0.6 is 0 Å². The van der Waals surface area contributed by atoms with Gasteiger partial charge in [0.25, 0.3) is 0 Å². The van der Waals surface area contributed by atoms with E-state index in [0.29, 0.717) is 0 Å². The molecule has 0 saturated heterocycles. The number of nitriles is 1. The summed E-state index contributed by atoms with van der Waals surface area (Å²) in [7, 11) is 0. The smallest absolute Gasteiger partial charge is 0.353 e. The van der Waals surface area contributed by atoms with E-state index in [-0.39, 0.29) is 11.3 Å². The zero-order valence-corrected chi connectivity index (χ0v) is 6.39. The lowest BCUT2D eigenvalue weighted by Gasteiger charge is -2.13. The van der Waals surface area contributed by atoms with Gasteiger partial charge in [0, 0.05) is 6.20 Å². The normalized spacial score (nSPS) is 13.8. The first kappa shape index (κ1) is 9.61. The third-order valence-electron chi connectivity index (χ3n) is 1.54. The van der Waals surface area contributed by atoms with Gasteiger partial charge in [-0.05, 0) is 11.6 Å². The van der Waals surface area contributed by atoms with Crippen LogP contribution in [0.5, 0.6) is 0 Å². The average molecular weight is 189 g/mol. The summed E-state index contributed by atoms with van der Waals surface area (Å²) in [6.07, 6.45) is -3.40. The Morgan fingerprint density at radius 3 is 2.54 bits per heavy atom. The minimum atomic E-state index is -4.48. The fraction of sp³-hybridized carbons (Fsp3) is 0.286. The highest BCUT2D eigenvalue weighted by Gasteiger charge is 2.38. The summed E-state index contributed by atoms with van der Waals surface area (Å²) in [5.41, 5.74) is 4.82. The molecule has 3 nitrogen and oxygen atoms in total. The summed E-state index contributed by atoms with van der Waals surface area (Å²) >= 11 is 0. The highest BCUT2D eigenvalue weighted by Crippen LogP contribution is 2.30. The van der Waals surface area contributed by atoms with Crippen LogP contribution in [0.1, 0.15) is 17.3 Å². The predicted molar refractivity (Wildman–Crippen MR) is 38.5 cm³/mol. The molecule has 1 atom stereocenters. The van der Waals surface area contributed by atoms with Crippen LogP contribution in [0.2, 0.25) is 0 Å². The van der Waals surface area contributed by atoms with Crippen molar-refractivity contribution in [1.82, 2.24) is 4.98 Å². The van der Waals surface area contributed by atoms with Crippen LogP contribution in [0.15, 0.2) is 12.3 Å². The number of hydrogen-bond acceptors (Lipinski definition) is 2. The van der Waals surface area contributed by atoms with Gasteiger partial charge in [0.05, 0.1) is 0 Å². The number of hydrogen-bond donors (Lipinski definition) is 2. The second kappa shape index (κ2) is 3.11. The number of rotatable bonds is 1. The van der Waals surface area contributed by atoms with Crippen molar-refractivity contribution in [2.45, 2.75) is 12.2 Å². The van der Waals surface area contributed by atoms with Gasteiger partial charge in [0.2, 0.25) is 0 Å². The van der Waals surface area contributed by atoms with Gasteiger partial charge in [-0.3, -0.25) is 0 Å². The Morgan fingerprint density at radius 2 is 2.15 bits per heavy atom. The van der Waals surface area contributed by atoms with Gasteiger partial charge < -0.3 is 10.7 Å². The molecule has 70 valence electrons. The van der Waals surface area contributed by atoms with E-state index in [0.717, 1.165) is 12.3 Å². The van der Waals surface area contributed by atoms with Crippen molar-refractivity contribution < 1.29 is 13.2 Å². The lowest BCUT2D eigenvalue weighted by molar-refractivity contribution is -0.149. The molecule has 1 aromatic heterocycles. The van der Waals surface area contributed by atoms with Crippen LogP contribution in [-0.2, 0) is 0 Å². The van der Waals surface area contributed by atoms with Crippen LogP contribution < -0.4 is 5.73 Å². The SMILES string of the molecule is N#Cc1cc([C@H](N)C(F)(F)F)c[nH]1. The quantitative estimate of drug-likeness (QED) is 0.702. The molecule has 3 N–H and O–H groups in total. The molecule has 0 fully saturated rings. The van der Waals surface area contributed by atoms with Gasteiger partial charge in [-0.15, -0.1) is 0 Å². The standard InChI is InChI=1S/C7H6F3N3/c8-7(9,10)6(12)4-1-5(2-11)13-3-4/h1,3,6,13H,12H2/t6-/m0/s1. The lowest BCUT2D eigenvalue weighted by atomic mass is 10.1. The monoisotopic (exact) mass is 189 g/mol. The molecule has 0 amide bonds. The first-order valence-corrected chi connectivity index (χ1v) is 3.36. The van der Waals surface area contributed by atoms with Crippen LogP contribution in [0, 0.1) is 11.3 Å². The molecule has 0 bridgehead atoms. The maximum absolute atomic E-state index is 12.0. The Morgan fingerprint density at radius 1 is 1.54 bits per heavy atom. The molecular weight excluding hydrogens is 183 g/mol. The molecule has 0 radical (unpaired) electrons. The summed E-state index contributed by atoms with van der Waals surface area (Å²) in [5, 5.41) is 8.33. The molecule has 0 spiro atoms. The van der Waals surface area contributed by atoms with Gasteiger partial charge in [0.15, 0.2) is 0 Å². The van der Waals surface area contributed by atoms with Crippen LogP contribution in [0.4, 0.5) is 13.2 Å². The van der Waals surface area contributed by atoms with Crippen molar-refractivity contribution in [3.63, 3.8) is 0 Å². The number of nitrogens with one attached hydrogen (secondary N) is 1. The van der Waals surface area contributed by atoms with Gasteiger partial charge in [-0.2, -0.15) is 18.4 Å². The number of nitrogens with zero attached hydrogens (tertiary/aromatic N) is 1. The third-order valence-corrected chi connectivity index (χ3v) is 1.54. The highest BCUT2D eigenvalue weighted by atomic mass is 19.4. The van der Waals surface area contributed by atoms with E-state index < -0.39 is 12.2 Å². The number of alkyl halides is 3. The minimum Gasteiger partial charge on any atom is -0.353 e. The number of halogens is 3. The maximum atomic E-state index is 12.0. The molecule has 1 aromatic rings. The molecule has 0 aliphatic carbocycles. The van der Waals surface area contributed by atoms with Gasteiger partial charge in [-0.1, -0.05) is 0 Å². The Balaban J connectivity index is 2.91. The molecule has 0 unspecified atom stereocenters. The summed E-state index contributed by atoms with van der Waals surface area (Å²) in [5.74, 6) is 0. The number of aromatic nitrogens is 1. The van der Waals surface area contributed by atoms with Gasteiger partial charge in [0.1, 0.15) is 17.8 Å². The predicted octanol–water partition coefficient (Wildman–Crippen LogP) is 1.45. The van der Waals surface area contributed by atoms with Crippen LogP contribution in [0.25, 0.3) is 0 Å². The lowest BCUT2D eigenvalue weighted by Crippen LogP contribution is -2.27. The molecule has 13 heavy (non-hydrogen) atoms. The first-order chi connectivity index (χ1) is 5.95. The molecule has 0 aliphatic heterocycles. The Bertz CT molecular complexity index is 333. The van der Waals surface area contributed by atoms with Gasteiger partial charge >= 0.3 is 6.18 Å². The fourth-order valence-corrected chi connectivity index (χ4v) is 0.844. The molecule has 0 aliphatic rings. The molecule has 0 saturated carbocycles. The van der Waals surface area contributed by atoms with E-state index in [2.05, 4.69) is 4.98 Å². The second-order valence-corrected chi connectivity index (χ2v) is 2.48. The summed E-state index contributed by atoms with van der Waals surface area (Å²) in [6, 6.07) is 0.720. The number of H-pyrrole nitrogens is 1. The van der Waals surface area contributed by atoms with Crippen molar-refractivity contribution in [2.24, 2.45) is 5.73 Å². The zero-order chi connectivity index (χ0) is 10.1. The van der Waals surface area contributed by atoms with Crippen molar-refractivity contribution in [3.8, 4) is 6.07 Å². The summed E-state index contributed by atoms with van der Waals surface area (Å²) < 4.78 is 36.1. The van der Waals surface area contributed by atoms with Crippen molar-refractivity contribution in [3.05, 3.63) is 23.5 Å². The van der Waals surface area contributed by atoms with Gasteiger partial charge in [-0.25, -0.2) is 0 Å². The molecule has 6 heteroatoms. The van der Waals surface area contributed by atoms with E-state index >= 15 is 0 Å². The molecule has 1 heterocycles. The third kappa shape index (κ3) is 2.00. The van der Waals surface area contributed by atoms with E-state index in [1.807, 2.05) is 0 Å². The fourth-order valence-electron chi connectivity index (χ4n) is 0.844. The molecule has 1 rings (SSSR count). The van der Waals surface area contributed by atoms with E-state index in [1.165, 1.54) is 0 Å². The number of nitrogens with two attached hydrogens (primary N) is 1. The topological polar surface area (TPSA) is 65.6 Å². The Hall–Kier alpha value is -1.48. The second-order valence-electron chi connectivity index (χ2n) is 2.48. The summed E-state index contributed by atoms with van der Waals surface area (Å²) in [6.45, 7) is 0. The Kier molecular flexibility index (Phi) is 2.30. The van der Waals surface area contributed by atoms with Crippen molar-refractivity contribution in [1.29, 1.82) is 5.26 Å². The van der Waals surface area contributed by atoms with Crippen molar-refractivity contribution in [2.75, 3.05) is 0 Å². The first-order valence-electron chi connectivity index (χ1n) is 3.36. The van der Waals surface area contributed by atoms with E-state index in [1.54, 1.807) is 6.07 Å². The van der Waals surface area contributed by atoms with Crippen LogP contribution in [-0.4, -0.2) is 11.2 Å². The Labute approximate surface area is 72.0 Å². The number of aromatic amines is 1. The molecule has 0 aromatic carbocycles.